The van der Waals surface area contributed by atoms with Crippen molar-refractivity contribution in [1.82, 2.24) is 0 Å². The molecule has 1 N–H and O–H groups in total. The molecule has 0 unspecified atom stereocenters. The highest BCUT2D eigenvalue weighted by Gasteiger charge is 1.98. The van der Waals surface area contributed by atoms with E-state index in [-0.39, 0.29) is 0 Å². The van der Waals surface area contributed by atoms with E-state index in [0.717, 1.165) is 22.8 Å². The zero-order chi connectivity index (χ0) is 10.7. The van der Waals surface area contributed by atoms with Gasteiger partial charge in [0.2, 0.25) is 0 Å². The molecule has 0 aliphatic rings. The van der Waals surface area contributed by atoms with Crippen LogP contribution in [0.5, 0.6) is 0 Å². The molecule has 0 bridgehead atoms. The van der Waals surface area contributed by atoms with E-state index in [2.05, 4.69) is 22.1 Å². The van der Waals surface area contributed by atoms with Gasteiger partial charge in [-0.3, -0.25) is 0 Å². The second kappa shape index (κ2) is 4.69. The second-order valence-electron chi connectivity index (χ2n) is 3.45. The first-order chi connectivity index (χ1) is 7.25. The molecule has 2 aromatic rings. The van der Waals surface area contributed by atoms with Crippen LogP contribution in [0.1, 0.15) is 11.1 Å². The van der Waals surface area contributed by atoms with Gasteiger partial charge in [-0.25, -0.2) is 0 Å². The van der Waals surface area contributed by atoms with Crippen LogP contribution in [0.3, 0.4) is 0 Å². The average Bonchev–Trinajstić information content (AvgIpc) is 2.73. The van der Waals surface area contributed by atoms with E-state index in [4.69, 9.17) is 11.6 Å². The Morgan fingerprint density at radius 3 is 2.87 bits per heavy atom. The number of anilines is 1. The minimum Gasteiger partial charge on any atom is -0.381 e. The smallest absolute Gasteiger partial charge is 0.0455 e. The highest BCUT2D eigenvalue weighted by molar-refractivity contribution is 7.07. The van der Waals surface area contributed by atoms with Crippen LogP contribution in [0.25, 0.3) is 0 Å². The first-order valence-corrected chi connectivity index (χ1v) is 6.09. The van der Waals surface area contributed by atoms with Gasteiger partial charge < -0.3 is 5.32 Å². The Kier molecular flexibility index (Phi) is 3.29. The molecule has 0 atom stereocenters. The van der Waals surface area contributed by atoms with Gasteiger partial charge >= 0.3 is 0 Å². The third-order valence-electron chi connectivity index (χ3n) is 2.25. The molecule has 0 saturated heterocycles. The van der Waals surface area contributed by atoms with E-state index in [1.54, 1.807) is 11.3 Å². The highest BCUT2D eigenvalue weighted by atomic mass is 35.5. The van der Waals surface area contributed by atoms with Crippen LogP contribution in [0.15, 0.2) is 35.0 Å². The SMILES string of the molecule is Cc1ccc(NCc2ccsc2)cc1Cl. The molecule has 0 saturated carbocycles. The Balaban J connectivity index is 2.02. The van der Waals surface area contributed by atoms with Crippen molar-refractivity contribution in [3.63, 3.8) is 0 Å². The molecule has 1 aromatic heterocycles. The fourth-order valence-electron chi connectivity index (χ4n) is 1.30. The van der Waals surface area contributed by atoms with E-state index in [1.807, 2.05) is 25.1 Å². The van der Waals surface area contributed by atoms with Crippen molar-refractivity contribution in [2.24, 2.45) is 0 Å². The van der Waals surface area contributed by atoms with Crippen LogP contribution in [0.2, 0.25) is 5.02 Å². The van der Waals surface area contributed by atoms with Gasteiger partial charge in [-0.05, 0) is 47.0 Å². The van der Waals surface area contributed by atoms with Crippen LogP contribution in [-0.4, -0.2) is 0 Å². The number of hydrogen-bond donors (Lipinski definition) is 1. The van der Waals surface area contributed by atoms with Gasteiger partial charge in [-0.1, -0.05) is 17.7 Å². The maximum absolute atomic E-state index is 6.04. The lowest BCUT2D eigenvalue weighted by Crippen LogP contribution is -1.97. The van der Waals surface area contributed by atoms with E-state index in [1.165, 1.54) is 5.56 Å². The average molecular weight is 238 g/mol. The van der Waals surface area contributed by atoms with Crippen LogP contribution in [-0.2, 0) is 6.54 Å². The Hall–Kier alpha value is -0.990. The van der Waals surface area contributed by atoms with Gasteiger partial charge in [-0.2, -0.15) is 11.3 Å². The zero-order valence-electron chi connectivity index (χ0n) is 8.46. The lowest BCUT2D eigenvalue weighted by Gasteiger charge is -2.06. The van der Waals surface area contributed by atoms with Gasteiger partial charge in [0.15, 0.2) is 0 Å². The lowest BCUT2D eigenvalue weighted by atomic mass is 10.2. The van der Waals surface area contributed by atoms with Gasteiger partial charge in [0, 0.05) is 17.3 Å². The topological polar surface area (TPSA) is 12.0 Å². The van der Waals surface area contributed by atoms with Crippen LogP contribution in [0.4, 0.5) is 5.69 Å². The van der Waals surface area contributed by atoms with Crippen molar-refractivity contribution in [2.45, 2.75) is 13.5 Å². The summed E-state index contributed by atoms with van der Waals surface area (Å²) in [6.07, 6.45) is 0. The van der Waals surface area contributed by atoms with Crippen molar-refractivity contribution in [3.05, 3.63) is 51.2 Å². The Bertz CT molecular complexity index is 437. The minimum absolute atomic E-state index is 0.810. The Labute approximate surface area is 98.7 Å². The molecule has 78 valence electrons. The predicted octanol–water partition coefficient (Wildman–Crippen LogP) is 4.32. The molecule has 0 radical (unpaired) electrons. The molecule has 0 spiro atoms. The molecule has 1 heterocycles. The van der Waals surface area contributed by atoms with Crippen LogP contribution in [0, 0.1) is 6.92 Å². The van der Waals surface area contributed by atoms with Crippen molar-refractivity contribution >= 4 is 28.6 Å². The van der Waals surface area contributed by atoms with Gasteiger partial charge in [0.05, 0.1) is 0 Å². The Morgan fingerprint density at radius 1 is 1.33 bits per heavy atom. The monoisotopic (exact) mass is 237 g/mol. The van der Waals surface area contributed by atoms with Crippen LogP contribution >= 0.6 is 22.9 Å². The minimum atomic E-state index is 0.810. The summed E-state index contributed by atoms with van der Waals surface area (Å²) in [5.74, 6) is 0. The second-order valence-corrected chi connectivity index (χ2v) is 4.64. The lowest BCUT2D eigenvalue weighted by molar-refractivity contribution is 1.16. The van der Waals surface area contributed by atoms with Crippen molar-refractivity contribution in [1.29, 1.82) is 0 Å². The van der Waals surface area contributed by atoms with E-state index >= 15 is 0 Å². The molecule has 2 rings (SSSR count). The number of thiophene rings is 1. The Morgan fingerprint density at radius 2 is 2.20 bits per heavy atom. The first-order valence-electron chi connectivity index (χ1n) is 4.77. The van der Waals surface area contributed by atoms with Crippen molar-refractivity contribution in [2.75, 3.05) is 5.32 Å². The van der Waals surface area contributed by atoms with E-state index in [9.17, 15) is 0 Å². The maximum Gasteiger partial charge on any atom is 0.0455 e. The van der Waals surface area contributed by atoms with E-state index in [0.29, 0.717) is 0 Å². The highest BCUT2D eigenvalue weighted by Crippen LogP contribution is 2.20. The number of benzene rings is 1. The number of hydrogen-bond acceptors (Lipinski definition) is 2. The fraction of sp³-hybridized carbons (Fsp3) is 0.167. The number of nitrogens with one attached hydrogen (secondary N) is 1. The number of halogens is 1. The summed E-state index contributed by atoms with van der Waals surface area (Å²) in [6.45, 7) is 2.86. The third-order valence-corrected chi connectivity index (χ3v) is 3.39. The van der Waals surface area contributed by atoms with Crippen LogP contribution < -0.4 is 5.32 Å². The summed E-state index contributed by atoms with van der Waals surface area (Å²) in [5, 5.41) is 8.37. The summed E-state index contributed by atoms with van der Waals surface area (Å²) >= 11 is 7.75. The molecule has 0 aliphatic heterocycles. The van der Waals surface area contributed by atoms with Gasteiger partial charge in [0.25, 0.3) is 0 Å². The van der Waals surface area contributed by atoms with Gasteiger partial charge in [-0.15, -0.1) is 0 Å². The molecule has 1 aromatic carbocycles. The summed E-state index contributed by atoms with van der Waals surface area (Å²) in [7, 11) is 0. The number of rotatable bonds is 3. The molecule has 1 nitrogen and oxygen atoms in total. The first kappa shape index (κ1) is 10.5. The molecule has 0 amide bonds. The summed E-state index contributed by atoms with van der Waals surface area (Å²) in [5.41, 5.74) is 3.48. The summed E-state index contributed by atoms with van der Waals surface area (Å²) in [4.78, 5) is 0. The normalized spacial score (nSPS) is 10.3. The molecule has 0 fully saturated rings. The summed E-state index contributed by atoms with van der Waals surface area (Å²) < 4.78 is 0. The van der Waals surface area contributed by atoms with Crippen molar-refractivity contribution < 1.29 is 0 Å². The molecule has 0 aliphatic carbocycles. The molecular formula is C12H12ClNS. The third kappa shape index (κ3) is 2.74. The standard InChI is InChI=1S/C12H12ClNS/c1-9-2-3-11(6-12(9)13)14-7-10-4-5-15-8-10/h2-6,8,14H,7H2,1H3. The largest absolute Gasteiger partial charge is 0.381 e. The molecular weight excluding hydrogens is 226 g/mol. The van der Waals surface area contributed by atoms with Gasteiger partial charge in [0.1, 0.15) is 0 Å². The van der Waals surface area contributed by atoms with Crippen molar-refractivity contribution in [3.8, 4) is 0 Å². The quantitative estimate of drug-likeness (QED) is 0.838. The fourth-order valence-corrected chi connectivity index (χ4v) is 2.15. The van der Waals surface area contributed by atoms with E-state index < -0.39 is 0 Å². The number of aryl methyl sites for hydroxylation is 1. The molecule has 3 heteroatoms. The summed E-state index contributed by atoms with van der Waals surface area (Å²) in [6, 6.07) is 8.16. The zero-order valence-corrected chi connectivity index (χ0v) is 10.0. The maximum atomic E-state index is 6.04. The predicted molar refractivity (Wildman–Crippen MR) is 67.8 cm³/mol. The molecule has 15 heavy (non-hydrogen) atoms.